The van der Waals surface area contributed by atoms with Gasteiger partial charge in [0.25, 0.3) is 0 Å². The average Bonchev–Trinajstić information content (AvgIpc) is 2.43. The Labute approximate surface area is 122 Å². The molecule has 0 saturated heterocycles. The largest absolute Gasteiger partial charge is 0.392 e. The summed E-state index contributed by atoms with van der Waals surface area (Å²) in [4.78, 5) is 1.31. The molecule has 2 heteroatoms. The van der Waals surface area contributed by atoms with Gasteiger partial charge < -0.3 is 5.11 Å². The number of aliphatic hydroxyl groups excluding tert-OH is 1. The van der Waals surface area contributed by atoms with Crippen molar-refractivity contribution in [3.63, 3.8) is 0 Å². The van der Waals surface area contributed by atoms with Crippen molar-refractivity contribution in [1.29, 1.82) is 0 Å². The summed E-state index contributed by atoms with van der Waals surface area (Å²) in [5.74, 6) is 0.190. The van der Waals surface area contributed by atoms with Crippen molar-refractivity contribution in [2.24, 2.45) is 5.41 Å². The van der Waals surface area contributed by atoms with Gasteiger partial charge >= 0.3 is 0 Å². The molecular weight excluding hydrogens is 252 g/mol. The first-order chi connectivity index (χ1) is 8.77. The zero-order chi connectivity index (χ0) is 14.8. The molecule has 2 atom stereocenters. The Balaban J connectivity index is 0.000000861. The molecule has 1 nitrogen and oxygen atoms in total. The zero-order valence-corrected chi connectivity index (χ0v) is 14.1. The summed E-state index contributed by atoms with van der Waals surface area (Å²) in [6, 6.07) is 8.47. The van der Waals surface area contributed by atoms with Gasteiger partial charge in [-0.1, -0.05) is 52.8 Å². The van der Waals surface area contributed by atoms with Crippen LogP contribution >= 0.6 is 11.8 Å². The van der Waals surface area contributed by atoms with Gasteiger partial charge in [-0.2, -0.15) is 0 Å². The Morgan fingerprint density at radius 3 is 2.16 bits per heavy atom. The summed E-state index contributed by atoms with van der Waals surface area (Å²) in [5, 5.41) is 10.7. The van der Waals surface area contributed by atoms with Crippen LogP contribution in [0.4, 0.5) is 0 Å². The van der Waals surface area contributed by atoms with Crippen molar-refractivity contribution in [2.75, 3.05) is 0 Å². The first-order valence-electron chi connectivity index (χ1n) is 7.23. The second-order valence-electron chi connectivity index (χ2n) is 6.11. The van der Waals surface area contributed by atoms with Crippen molar-refractivity contribution in [3.05, 3.63) is 29.8 Å². The highest BCUT2D eigenvalue weighted by Gasteiger charge is 2.48. The SMILES string of the molecule is CC.C[C@H]1c2ccccc2SC(C)(C)C(C)(C)[C@H]1O. The molecular formula is C17H28OS. The predicted octanol–water partition coefficient (Wildman–Crippen LogP) is 5.09. The van der Waals surface area contributed by atoms with Gasteiger partial charge in [0.2, 0.25) is 0 Å². The number of hydrogen-bond acceptors (Lipinski definition) is 2. The van der Waals surface area contributed by atoms with E-state index in [1.54, 1.807) is 0 Å². The standard InChI is InChI=1S/C15H22OS.C2H6/c1-10-11-8-6-7-9-12(11)17-15(4,5)14(2,3)13(10)16;1-2/h6-10,13,16H,1-5H3;1-2H3/t10-,13-;/m0./s1. The highest BCUT2D eigenvalue weighted by molar-refractivity contribution is 8.00. The molecule has 1 aliphatic heterocycles. The molecule has 108 valence electrons. The predicted molar refractivity (Wildman–Crippen MR) is 85.9 cm³/mol. The van der Waals surface area contributed by atoms with E-state index in [1.807, 2.05) is 25.6 Å². The van der Waals surface area contributed by atoms with Crippen LogP contribution in [0.3, 0.4) is 0 Å². The van der Waals surface area contributed by atoms with Gasteiger partial charge in [-0.3, -0.25) is 0 Å². The maximum atomic E-state index is 10.7. The molecule has 1 aliphatic rings. The average molecular weight is 280 g/mol. The molecule has 1 aromatic carbocycles. The smallest absolute Gasteiger partial charge is 0.0670 e. The highest BCUT2D eigenvalue weighted by atomic mass is 32.2. The first kappa shape index (κ1) is 16.6. The van der Waals surface area contributed by atoms with Crippen molar-refractivity contribution in [2.45, 2.75) is 70.1 Å². The van der Waals surface area contributed by atoms with E-state index in [0.29, 0.717) is 0 Å². The zero-order valence-electron chi connectivity index (χ0n) is 13.3. The Morgan fingerprint density at radius 2 is 1.58 bits per heavy atom. The van der Waals surface area contributed by atoms with Crippen LogP contribution in [0.5, 0.6) is 0 Å². The molecule has 0 bridgehead atoms. The van der Waals surface area contributed by atoms with Crippen molar-refractivity contribution >= 4 is 11.8 Å². The van der Waals surface area contributed by atoms with E-state index in [2.05, 4.69) is 58.9 Å². The van der Waals surface area contributed by atoms with E-state index in [1.165, 1.54) is 10.5 Å². The third-order valence-electron chi connectivity index (χ3n) is 4.54. The third-order valence-corrected chi connectivity index (χ3v) is 6.17. The Bertz CT molecular complexity index is 423. The minimum Gasteiger partial charge on any atom is -0.392 e. The normalized spacial score (nSPS) is 27.6. The summed E-state index contributed by atoms with van der Waals surface area (Å²) >= 11 is 1.89. The Hall–Kier alpha value is -0.470. The molecule has 1 heterocycles. The fraction of sp³-hybridized carbons (Fsp3) is 0.647. The lowest BCUT2D eigenvalue weighted by atomic mass is 9.70. The summed E-state index contributed by atoms with van der Waals surface area (Å²) in [7, 11) is 0. The molecule has 0 fully saturated rings. The Morgan fingerprint density at radius 1 is 1.05 bits per heavy atom. The van der Waals surface area contributed by atoms with Crippen LogP contribution in [0.2, 0.25) is 0 Å². The van der Waals surface area contributed by atoms with E-state index in [0.717, 1.165) is 0 Å². The molecule has 1 N–H and O–H groups in total. The van der Waals surface area contributed by atoms with Gasteiger partial charge in [0.05, 0.1) is 6.10 Å². The van der Waals surface area contributed by atoms with Gasteiger partial charge in [-0.05, 0) is 25.5 Å². The second-order valence-corrected chi connectivity index (χ2v) is 7.77. The van der Waals surface area contributed by atoms with Crippen molar-refractivity contribution < 1.29 is 5.11 Å². The van der Waals surface area contributed by atoms with Crippen LogP contribution in [0.15, 0.2) is 29.2 Å². The van der Waals surface area contributed by atoms with E-state index >= 15 is 0 Å². The molecule has 2 rings (SSSR count). The van der Waals surface area contributed by atoms with Crippen LogP contribution in [0.25, 0.3) is 0 Å². The fourth-order valence-corrected chi connectivity index (χ4v) is 3.96. The van der Waals surface area contributed by atoms with Crippen LogP contribution in [0.1, 0.15) is 59.9 Å². The lowest BCUT2D eigenvalue weighted by Crippen LogP contribution is -2.46. The molecule has 0 aromatic heterocycles. The van der Waals surface area contributed by atoms with Crippen LogP contribution < -0.4 is 0 Å². The van der Waals surface area contributed by atoms with Crippen molar-refractivity contribution in [3.8, 4) is 0 Å². The molecule has 0 unspecified atom stereocenters. The fourth-order valence-electron chi connectivity index (χ4n) is 2.51. The van der Waals surface area contributed by atoms with Crippen LogP contribution in [-0.4, -0.2) is 16.0 Å². The van der Waals surface area contributed by atoms with E-state index in [9.17, 15) is 5.11 Å². The lowest BCUT2D eigenvalue weighted by molar-refractivity contribution is 0.0138. The maximum Gasteiger partial charge on any atom is 0.0670 e. The third kappa shape index (κ3) is 2.85. The molecule has 0 radical (unpaired) electrons. The van der Waals surface area contributed by atoms with E-state index in [-0.39, 0.29) is 22.2 Å². The number of hydrogen-bond donors (Lipinski definition) is 1. The first-order valence-corrected chi connectivity index (χ1v) is 8.05. The number of benzene rings is 1. The minimum atomic E-state index is -0.311. The number of thioether (sulfide) groups is 1. The summed E-state index contributed by atoms with van der Waals surface area (Å²) in [6.45, 7) is 14.9. The minimum absolute atomic E-state index is 0.0211. The Kier molecular flexibility index (Phi) is 5.14. The maximum absolute atomic E-state index is 10.7. The molecule has 0 amide bonds. The van der Waals surface area contributed by atoms with E-state index < -0.39 is 0 Å². The molecule has 0 aliphatic carbocycles. The molecule has 0 spiro atoms. The number of rotatable bonds is 0. The quantitative estimate of drug-likeness (QED) is 0.714. The van der Waals surface area contributed by atoms with Gasteiger partial charge in [0.1, 0.15) is 0 Å². The number of fused-ring (bicyclic) bond motifs is 1. The molecule has 1 aromatic rings. The van der Waals surface area contributed by atoms with Crippen molar-refractivity contribution in [1.82, 2.24) is 0 Å². The molecule has 0 saturated carbocycles. The highest BCUT2D eigenvalue weighted by Crippen LogP contribution is 2.54. The lowest BCUT2D eigenvalue weighted by Gasteiger charge is -2.43. The van der Waals surface area contributed by atoms with Crippen LogP contribution in [-0.2, 0) is 0 Å². The number of aliphatic hydroxyl groups is 1. The topological polar surface area (TPSA) is 20.2 Å². The monoisotopic (exact) mass is 280 g/mol. The second kappa shape index (κ2) is 5.88. The van der Waals surface area contributed by atoms with Gasteiger partial charge in [0, 0.05) is 21.0 Å². The van der Waals surface area contributed by atoms with Crippen LogP contribution in [0, 0.1) is 5.41 Å². The van der Waals surface area contributed by atoms with Gasteiger partial charge in [0.15, 0.2) is 0 Å². The summed E-state index contributed by atoms with van der Waals surface area (Å²) in [6.07, 6.45) is -0.311. The summed E-state index contributed by atoms with van der Waals surface area (Å²) in [5.41, 5.74) is 1.17. The van der Waals surface area contributed by atoms with Gasteiger partial charge in [-0.15, -0.1) is 11.8 Å². The van der Waals surface area contributed by atoms with Gasteiger partial charge in [-0.25, -0.2) is 0 Å². The molecule has 19 heavy (non-hydrogen) atoms. The summed E-state index contributed by atoms with van der Waals surface area (Å²) < 4.78 is 0.0211. The van der Waals surface area contributed by atoms with E-state index in [4.69, 9.17) is 0 Å².